The summed E-state index contributed by atoms with van der Waals surface area (Å²) < 4.78 is 10.7. The maximum absolute atomic E-state index is 12.1. The summed E-state index contributed by atoms with van der Waals surface area (Å²) in [7, 11) is 0. The molecule has 2 rings (SSSR count). The average Bonchev–Trinajstić information content (AvgIpc) is 2.56. The first kappa shape index (κ1) is 21.0. The number of pyridine rings is 1. The molecule has 1 heterocycles. The predicted molar refractivity (Wildman–Crippen MR) is 101 cm³/mol. The molecule has 0 atom stereocenters. The first-order valence-electron chi connectivity index (χ1n) is 7.75. The van der Waals surface area contributed by atoms with Gasteiger partial charge < -0.3 is 30.4 Å². The molecule has 1 aromatic heterocycles. The van der Waals surface area contributed by atoms with Gasteiger partial charge in [0.25, 0.3) is 5.56 Å². The van der Waals surface area contributed by atoms with Crippen molar-refractivity contribution in [3.63, 3.8) is 0 Å². The molecule has 0 bridgehead atoms. The maximum atomic E-state index is 12.1. The minimum Gasteiger partial charge on any atom is -0.490 e. The Morgan fingerprint density at radius 3 is 2.29 bits per heavy atom. The molecule has 1 aromatic carbocycles. The number of nitrogen functional groups attached to an aromatic ring is 1. The van der Waals surface area contributed by atoms with Crippen LogP contribution in [0, 0.1) is 0 Å². The van der Waals surface area contributed by atoms with E-state index in [9.17, 15) is 29.4 Å². The lowest BCUT2D eigenvalue weighted by Crippen LogP contribution is -2.24. The van der Waals surface area contributed by atoms with Gasteiger partial charge in [0.15, 0.2) is 11.5 Å². The Bertz CT molecular complexity index is 1040. The van der Waals surface area contributed by atoms with E-state index >= 15 is 0 Å². The summed E-state index contributed by atoms with van der Waals surface area (Å²) in [6.45, 7) is 3.01. The van der Waals surface area contributed by atoms with Crippen LogP contribution in [0.4, 0.5) is 5.82 Å². The van der Waals surface area contributed by atoms with Crippen molar-refractivity contribution >= 4 is 39.7 Å². The molecule has 0 aliphatic carbocycles. The monoisotopic (exact) mass is 454 g/mol. The topological polar surface area (TPSA) is 169 Å². The van der Waals surface area contributed by atoms with Crippen molar-refractivity contribution in [1.82, 2.24) is 4.98 Å². The Hall–Kier alpha value is -3.34. The lowest BCUT2D eigenvalue weighted by molar-refractivity contribution is -0.132. The summed E-state index contributed by atoms with van der Waals surface area (Å²) in [6, 6.07) is 2.56. The number of nitrogens with one attached hydrogen (secondary N) is 1. The minimum absolute atomic E-state index is 0.0128. The van der Waals surface area contributed by atoms with Crippen LogP contribution in [0.25, 0.3) is 11.1 Å². The molecule has 0 fully saturated rings. The summed E-state index contributed by atoms with van der Waals surface area (Å²) in [6.07, 6.45) is 0. The summed E-state index contributed by atoms with van der Waals surface area (Å²) in [5.41, 5.74) is 2.76. The zero-order chi connectivity index (χ0) is 21.2. The van der Waals surface area contributed by atoms with Crippen molar-refractivity contribution in [2.75, 3.05) is 12.3 Å². The van der Waals surface area contributed by atoms with Gasteiger partial charge in [-0.1, -0.05) is 0 Å². The van der Waals surface area contributed by atoms with Crippen molar-refractivity contribution in [3.8, 4) is 22.6 Å². The number of benzene rings is 1. The van der Waals surface area contributed by atoms with Crippen molar-refractivity contribution in [3.05, 3.63) is 38.1 Å². The van der Waals surface area contributed by atoms with Gasteiger partial charge in [0, 0.05) is 12.5 Å². The van der Waals surface area contributed by atoms with E-state index in [4.69, 9.17) is 15.2 Å². The fourth-order valence-corrected chi connectivity index (χ4v) is 3.08. The van der Waals surface area contributed by atoms with E-state index in [1.807, 2.05) is 4.98 Å². The van der Waals surface area contributed by atoms with Gasteiger partial charge in [0.05, 0.1) is 11.1 Å². The summed E-state index contributed by atoms with van der Waals surface area (Å²) in [4.78, 5) is 48.8. The summed E-state index contributed by atoms with van der Waals surface area (Å²) in [5, 5.41) is 19.0. The average molecular weight is 455 g/mol. The molecular formula is C17H15BrN2O8. The third-order valence-corrected chi connectivity index (χ3v) is 4.11. The fraction of sp³-hybridized carbons (Fsp3) is 0.176. The molecule has 11 heteroatoms. The van der Waals surface area contributed by atoms with Crippen molar-refractivity contribution < 1.29 is 34.1 Å². The van der Waals surface area contributed by atoms with E-state index in [0.29, 0.717) is 0 Å². The third kappa shape index (κ3) is 3.98. The number of aromatic carboxylic acids is 2. The molecule has 0 radical (unpaired) electrons. The molecule has 0 saturated carbocycles. The molecule has 0 saturated heterocycles. The molecule has 10 nitrogen and oxygen atoms in total. The normalized spacial score (nSPS) is 10.4. The Kier molecular flexibility index (Phi) is 6.09. The standard InChI is InChI=1S/C17H15BrN2O8/c1-3-27-9-5-7(4-8(18)13(9)28-6(2)21)10-11(16(23)24)14(19)20-15(22)12(10)17(25)26/h4-5H,3H2,1-2H3,(H,23,24)(H,25,26)(H3,19,20,22). The number of esters is 1. The highest BCUT2D eigenvalue weighted by atomic mass is 79.9. The number of nitrogens with two attached hydrogens (primary N) is 1. The number of carbonyl (C=O) groups excluding carboxylic acids is 1. The molecule has 148 valence electrons. The third-order valence-electron chi connectivity index (χ3n) is 3.52. The molecular weight excluding hydrogens is 440 g/mol. The predicted octanol–water partition coefficient (Wildman–Crippen LogP) is 2.11. The number of aromatic nitrogens is 1. The van der Waals surface area contributed by atoms with Crippen LogP contribution in [0.5, 0.6) is 11.5 Å². The number of anilines is 1. The smallest absolute Gasteiger partial charge is 0.342 e. The van der Waals surface area contributed by atoms with E-state index in [2.05, 4.69) is 15.9 Å². The molecule has 0 amide bonds. The SMILES string of the molecule is CCOc1cc(-c2c(C(=O)O)c(N)[nH]c(=O)c2C(=O)O)cc(Br)c1OC(C)=O. The molecule has 0 aliphatic rings. The van der Waals surface area contributed by atoms with E-state index in [-0.39, 0.29) is 28.1 Å². The van der Waals surface area contributed by atoms with Gasteiger partial charge in [-0.25, -0.2) is 9.59 Å². The maximum Gasteiger partial charge on any atom is 0.342 e. The second-order valence-corrected chi connectivity index (χ2v) is 6.27. The highest BCUT2D eigenvalue weighted by Gasteiger charge is 2.28. The number of ether oxygens (including phenoxy) is 2. The number of halogens is 1. The Balaban J connectivity index is 2.95. The molecule has 2 aromatic rings. The molecule has 5 N–H and O–H groups in total. The van der Waals surface area contributed by atoms with Crippen LogP contribution >= 0.6 is 15.9 Å². The number of hydrogen-bond acceptors (Lipinski definition) is 7. The second kappa shape index (κ2) is 8.13. The highest BCUT2D eigenvalue weighted by Crippen LogP contribution is 2.41. The van der Waals surface area contributed by atoms with Crippen molar-refractivity contribution in [2.45, 2.75) is 13.8 Å². The lowest BCUT2D eigenvalue weighted by atomic mass is 9.95. The van der Waals surface area contributed by atoms with Crippen molar-refractivity contribution in [1.29, 1.82) is 0 Å². The van der Waals surface area contributed by atoms with Crippen LogP contribution in [-0.2, 0) is 4.79 Å². The largest absolute Gasteiger partial charge is 0.490 e. The van der Waals surface area contributed by atoms with Gasteiger partial charge in [-0.3, -0.25) is 9.59 Å². The first-order chi connectivity index (χ1) is 13.1. The number of carbonyl (C=O) groups is 3. The quantitative estimate of drug-likeness (QED) is 0.376. The van der Waals surface area contributed by atoms with E-state index in [1.165, 1.54) is 19.1 Å². The zero-order valence-electron chi connectivity index (χ0n) is 14.7. The van der Waals surface area contributed by atoms with E-state index < -0.39 is 46.0 Å². The molecule has 0 unspecified atom stereocenters. The fourth-order valence-electron chi connectivity index (χ4n) is 2.55. The van der Waals surface area contributed by atoms with Gasteiger partial charge in [-0.2, -0.15) is 0 Å². The van der Waals surface area contributed by atoms with Gasteiger partial charge in [0.1, 0.15) is 16.9 Å². The number of aromatic amines is 1. The zero-order valence-corrected chi connectivity index (χ0v) is 16.2. The van der Waals surface area contributed by atoms with Crippen molar-refractivity contribution in [2.24, 2.45) is 0 Å². The molecule has 28 heavy (non-hydrogen) atoms. The summed E-state index contributed by atoms with van der Waals surface area (Å²) in [5.74, 6) is -4.26. The lowest BCUT2D eigenvalue weighted by Gasteiger charge is -2.16. The number of carboxylic acids is 2. The van der Waals surface area contributed by atoms with Crippen LogP contribution < -0.4 is 20.8 Å². The van der Waals surface area contributed by atoms with Crippen LogP contribution in [0.15, 0.2) is 21.4 Å². The van der Waals surface area contributed by atoms with Gasteiger partial charge in [-0.15, -0.1) is 0 Å². The Morgan fingerprint density at radius 2 is 1.79 bits per heavy atom. The molecule has 0 spiro atoms. The van der Waals surface area contributed by atoms with Crippen LogP contribution in [0.2, 0.25) is 0 Å². The van der Waals surface area contributed by atoms with Gasteiger partial charge in [0.2, 0.25) is 0 Å². The second-order valence-electron chi connectivity index (χ2n) is 5.42. The van der Waals surface area contributed by atoms with Crippen LogP contribution in [-0.4, -0.2) is 39.7 Å². The number of rotatable bonds is 6. The van der Waals surface area contributed by atoms with Gasteiger partial charge in [-0.05, 0) is 40.5 Å². The number of hydrogen-bond donors (Lipinski definition) is 4. The number of carboxylic acid groups (broad SMARTS) is 2. The Morgan fingerprint density at radius 1 is 1.18 bits per heavy atom. The first-order valence-corrected chi connectivity index (χ1v) is 8.55. The molecule has 0 aliphatic heterocycles. The van der Waals surface area contributed by atoms with E-state index in [0.717, 1.165) is 0 Å². The number of H-pyrrole nitrogens is 1. The van der Waals surface area contributed by atoms with Crippen LogP contribution in [0.3, 0.4) is 0 Å². The van der Waals surface area contributed by atoms with Crippen LogP contribution in [0.1, 0.15) is 34.6 Å². The van der Waals surface area contributed by atoms with E-state index in [1.54, 1.807) is 6.92 Å². The minimum atomic E-state index is -1.64. The highest BCUT2D eigenvalue weighted by molar-refractivity contribution is 9.10. The van der Waals surface area contributed by atoms with Gasteiger partial charge >= 0.3 is 17.9 Å². The Labute approximate surface area is 166 Å². The summed E-state index contributed by atoms with van der Waals surface area (Å²) >= 11 is 3.18.